The maximum Gasteiger partial charge on any atom is 0.129 e. The van der Waals surface area contributed by atoms with Gasteiger partial charge >= 0.3 is 0 Å². The molecule has 3 heteroatoms. The number of halogens is 2. The van der Waals surface area contributed by atoms with Crippen molar-refractivity contribution in [2.24, 2.45) is 0 Å². The number of hydrogen-bond donors (Lipinski definition) is 1. The third-order valence-corrected chi connectivity index (χ3v) is 2.80. The minimum atomic E-state index is -0.462. The number of nitrogens with one attached hydrogen (secondary N) is 1. The van der Waals surface area contributed by atoms with E-state index in [9.17, 15) is 8.78 Å². The monoisotopic (exact) mass is 241 g/mol. The van der Waals surface area contributed by atoms with Crippen LogP contribution in [0.3, 0.4) is 0 Å². The first-order valence-electron chi connectivity index (χ1n) is 6.30. The number of unbranched alkanes of at least 4 members (excludes halogenated alkanes) is 1. The van der Waals surface area contributed by atoms with Crippen LogP contribution in [0.5, 0.6) is 0 Å². The van der Waals surface area contributed by atoms with Crippen molar-refractivity contribution in [3.63, 3.8) is 0 Å². The molecule has 1 rings (SSSR count). The van der Waals surface area contributed by atoms with E-state index in [0.29, 0.717) is 17.5 Å². The van der Waals surface area contributed by atoms with Gasteiger partial charge in [0.25, 0.3) is 0 Å². The van der Waals surface area contributed by atoms with E-state index < -0.39 is 11.6 Å². The molecule has 0 atom stereocenters. The highest BCUT2D eigenvalue weighted by molar-refractivity contribution is 5.25. The minimum absolute atomic E-state index is 0.422. The maximum atomic E-state index is 13.4. The molecule has 0 heterocycles. The summed E-state index contributed by atoms with van der Waals surface area (Å²) in [4.78, 5) is 0. The largest absolute Gasteiger partial charge is 0.317 e. The molecule has 1 aromatic carbocycles. The van der Waals surface area contributed by atoms with Crippen LogP contribution in [-0.2, 0) is 6.42 Å². The molecule has 0 aliphatic carbocycles. The summed E-state index contributed by atoms with van der Waals surface area (Å²) < 4.78 is 26.4. The fourth-order valence-corrected chi connectivity index (χ4v) is 1.78. The predicted molar refractivity (Wildman–Crippen MR) is 67.2 cm³/mol. The Hall–Kier alpha value is -0.960. The fraction of sp³-hybridized carbons (Fsp3) is 0.571. The summed E-state index contributed by atoms with van der Waals surface area (Å²) in [5.41, 5.74) is 1.14. The molecule has 1 aromatic rings. The van der Waals surface area contributed by atoms with Crippen molar-refractivity contribution in [3.8, 4) is 0 Å². The molecule has 0 aliphatic heterocycles. The maximum absolute atomic E-state index is 13.4. The summed E-state index contributed by atoms with van der Waals surface area (Å²) in [5.74, 6) is -0.884. The molecule has 0 spiro atoms. The number of rotatable bonds is 7. The summed E-state index contributed by atoms with van der Waals surface area (Å²) in [7, 11) is 0. The van der Waals surface area contributed by atoms with Gasteiger partial charge in [0.15, 0.2) is 0 Å². The van der Waals surface area contributed by atoms with Gasteiger partial charge in [-0.15, -0.1) is 0 Å². The Labute approximate surface area is 102 Å². The minimum Gasteiger partial charge on any atom is -0.317 e. The highest BCUT2D eigenvalue weighted by Crippen LogP contribution is 2.16. The third-order valence-electron chi connectivity index (χ3n) is 2.80. The molecular formula is C14H21F2N. The van der Waals surface area contributed by atoms with Gasteiger partial charge < -0.3 is 5.32 Å². The van der Waals surface area contributed by atoms with E-state index in [0.717, 1.165) is 38.4 Å². The lowest BCUT2D eigenvalue weighted by atomic mass is 10.0. The van der Waals surface area contributed by atoms with E-state index >= 15 is 0 Å². The van der Waals surface area contributed by atoms with Gasteiger partial charge in [-0.1, -0.05) is 13.0 Å². The Morgan fingerprint density at radius 3 is 2.53 bits per heavy atom. The van der Waals surface area contributed by atoms with Crippen molar-refractivity contribution in [1.82, 2.24) is 5.32 Å². The Morgan fingerprint density at radius 2 is 1.82 bits per heavy atom. The number of hydrogen-bond acceptors (Lipinski definition) is 1. The van der Waals surface area contributed by atoms with E-state index in [2.05, 4.69) is 12.2 Å². The zero-order chi connectivity index (χ0) is 12.7. The quantitative estimate of drug-likeness (QED) is 0.719. The Morgan fingerprint density at radius 1 is 1.06 bits per heavy atom. The van der Waals surface area contributed by atoms with Gasteiger partial charge in [0.2, 0.25) is 0 Å². The first-order chi connectivity index (χ1) is 8.15. The lowest BCUT2D eigenvalue weighted by Gasteiger charge is -2.06. The zero-order valence-corrected chi connectivity index (χ0v) is 10.7. The van der Waals surface area contributed by atoms with Gasteiger partial charge in [0.1, 0.15) is 11.6 Å². The molecule has 17 heavy (non-hydrogen) atoms. The van der Waals surface area contributed by atoms with E-state index in [-0.39, 0.29) is 0 Å². The highest BCUT2D eigenvalue weighted by Gasteiger charge is 2.06. The molecule has 0 unspecified atom stereocenters. The number of benzene rings is 1. The van der Waals surface area contributed by atoms with E-state index in [1.54, 1.807) is 13.0 Å². The normalized spacial score (nSPS) is 10.8. The first-order valence-corrected chi connectivity index (χ1v) is 6.30. The smallest absolute Gasteiger partial charge is 0.129 e. The average Bonchev–Trinajstić information content (AvgIpc) is 2.30. The Kier molecular flexibility index (Phi) is 6.12. The second-order valence-corrected chi connectivity index (χ2v) is 4.40. The number of aryl methyl sites for hydroxylation is 2. The Balaban J connectivity index is 2.34. The van der Waals surface area contributed by atoms with Crippen LogP contribution in [0.15, 0.2) is 12.1 Å². The molecule has 0 radical (unpaired) electrons. The topological polar surface area (TPSA) is 12.0 Å². The van der Waals surface area contributed by atoms with Crippen molar-refractivity contribution in [1.29, 1.82) is 0 Å². The van der Waals surface area contributed by atoms with E-state index in [1.807, 2.05) is 0 Å². The van der Waals surface area contributed by atoms with Crippen LogP contribution in [0, 0.1) is 18.6 Å². The molecule has 1 N–H and O–H groups in total. The van der Waals surface area contributed by atoms with Crippen LogP contribution >= 0.6 is 0 Å². The molecule has 96 valence electrons. The van der Waals surface area contributed by atoms with Crippen LogP contribution in [0.2, 0.25) is 0 Å². The summed E-state index contributed by atoms with van der Waals surface area (Å²) in [6.07, 6.45) is 3.76. The van der Waals surface area contributed by atoms with Crippen LogP contribution in [0.25, 0.3) is 0 Å². The first kappa shape index (κ1) is 14.1. The SMILES string of the molecule is CCCNCCCCc1cc(C)c(F)cc1F. The van der Waals surface area contributed by atoms with Gasteiger partial charge in [0.05, 0.1) is 0 Å². The standard InChI is InChI=1S/C14H21F2N/c1-3-7-17-8-5-4-6-12-9-11(2)13(15)10-14(12)16/h9-10,17H,3-8H2,1-2H3. The highest BCUT2D eigenvalue weighted by atomic mass is 19.1. The molecule has 0 amide bonds. The molecule has 1 nitrogen and oxygen atoms in total. The van der Waals surface area contributed by atoms with Crippen molar-refractivity contribution in [3.05, 3.63) is 34.9 Å². The van der Waals surface area contributed by atoms with Gasteiger partial charge in [-0.25, -0.2) is 8.78 Å². The molecule has 0 bridgehead atoms. The summed E-state index contributed by atoms with van der Waals surface area (Å²) in [5, 5.41) is 3.30. The van der Waals surface area contributed by atoms with E-state index in [4.69, 9.17) is 0 Å². The van der Waals surface area contributed by atoms with Crippen LogP contribution in [0.4, 0.5) is 8.78 Å². The second-order valence-electron chi connectivity index (χ2n) is 4.40. The van der Waals surface area contributed by atoms with Gasteiger partial charge in [-0.2, -0.15) is 0 Å². The van der Waals surface area contributed by atoms with E-state index in [1.165, 1.54) is 0 Å². The zero-order valence-electron chi connectivity index (χ0n) is 10.7. The summed E-state index contributed by atoms with van der Waals surface area (Å²) in [6.45, 7) is 5.80. The van der Waals surface area contributed by atoms with Crippen LogP contribution < -0.4 is 5.32 Å². The van der Waals surface area contributed by atoms with Crippen molar-refractivity contribution in [2.75, 3.05) is 13.1 Å². The fourth-order valence-electron chi connectivity index (χ4n) is 1.78. The molecule has 0 saturated heterocycles. The van der Waals surface area contributed by atoms with Gasteiger partial charge in [0, 0.05) is 6.07 Å². The molecule has 0 saturated carbocycles. The molecule has 0 aromatic heterocycles. The summed E-state index contributed by atoms with van der Waals surface area (Å²) in [6, 6.07) is 2.60. The Bertz CT molecular complexity index is 350. The molecular weight excluding hydrogens is 220 g/mol. The van der Waals surface area contributed by atoms with Crippen LogP contribution in [-0.4, -0.2) is 13.1 Å². The lowest BCUT2D eigenvalue weighted by Crippen LogP contribution is -2.15. The van der Waals surface area contributed by atoms with Gasteiger partial charge in [-0.3, -0.25) is 0 Å². The van der Waals surface area contributed by atoms with Crippen molar-refractivity contribution < 1.29 is 8.78 Å². The average molecular weight is 241 g/mol. The lowest BCUT2D eigenvalue weighted by molar-refractivity contribution is 0.558. The third kappa shape index (κ3) is 4.82. The van der Waals surface area contributed by atoms with Crippen LogP contribution in [0.1, 0.15) is 37.3 Å². The van der Waals surface area contributed by atoms with Crippen molar-refractivity contribution in [2.45, 2.75) is 39.5 Å². The summed E-state index contributed by atoms with van der Waals surface area (Å²) >= 11 is 0. The predicted octanol–water partition coefficient (Wildman–Crippen LogP) is 3.60. The van der Waals surface area contributed by atoms with Gasteiger partial charge in [-0.05, 0) is 56.8 Å². The molecule has 0 aliphatic rings. The van der Waals surface area contributed by atoms with Crippen molar-refractivity contribution >= 4 is 0 Å². The molecule has 0 fully saturated rings. The second kappa shape index (κ2) is 7.38.